The predicted molar refractivity (Wildman–Crippen MR) is 255 cm³/mol. The van der Waals surface area contributed by atoms with Crippen molar-refractivity contribution in [3.05, 3.63) is 36.4 Å². The van der Waals surface area contributed by atoms with E-state index in [0.29, 0.717) is 11.4 Å². The quantitative estimate of drug-likeness (QED) is 0.0303. The van der Waals surface area contributed by atoms with Crippen LogP contribution in [0.4, 0.5) is 0 Å². The number of aromatic amines is 2. The molecule has 0 aliphatic rings. The molecule has 72 heavy (non-hydrogen) atoms. The van der Waals surface area contributed by atoms with E-state index in [2.05, 4.69) is 87.7 Å². The Balaban J connectivity index is 2.14. The van der Waals surface area contributed by atoms with E-state index in [9.17, 15) is 72.9 Å². The zero-order chi connectivity index (χ0) is 54.2. The van der Waals surface area contributed by atoms with Crippen LogP contribution in [0.25, 0.3) is 0 Å². The number of nitrogens with one attached hydrogen (secondary N) is 11. The number of aromatic nitrogens is 4. The van der Waals surface area contributed by atoms with Crippen molar-refractivity contribution in [2.45, 2.75) is 107 Å². The Morgan fingerprint density at radius 1 is 0.597 bits per heavy atom. The van der Waals surface area contributed by atoms with Gasteiger partial charge < -0.3 is 84.6 Å². The van der Waals surface area contributed by atoms with E-state index < -0.39 is 164 Å². The number of nitrogens with two attached hydrogens (primary N) is 2. The van der Waals surface area contributed by atoms with Crippen LogP contribution < -0.4 is 59.3 Å². The van der Waals surface area contributed by atoms with Crippen molar-refractivity contribution in [1.29, 1.82) is 0 Å². The molecule has 0 saturated heterocycles. The summed E-state index contributed by atoms with van der Waals surface area (Å²) in [5.74, 6) is -14.0. The van der Waals surface area contributed by atoms with Gasteiger partial charge in [-0.05, 0) is 19.3 Å². The number of carbonyl (C=O) groups is 12. The van der Waals surface area contributed by atoms with Crippen molar-refractivity contribution in [1.82, 2.24) is 67.8 Å². The summed E-state index contributed by atoms with van der Waals surface area (Å²) in [6, 6.07) is -11.9. The molecule has 2 heterocycles. The van der Waals surface area contributed by atoms with E-state index in [1.807, 2.05) is 5.32 Å². The number of aliphatic carboxylic acids is 2. The van der Waals surface area contributed by atoms with Crippen molar-refractivity contribution in [2.75, 3.05) is 24.6 Å². The molecule has 0 aliphatic heterocycles. The van der Waals surface area contributed by atoms with Gasteiger partial charge in [-0.25, -0.2) is 14.8 Å². The summed E-state index contributed by atoms with van der Waals surface area (Å²) >= 11 is 8.24. The summed E-state index contributed by atoms with van der Waals surface area (Å²) in [5.41, 5.74) is 11.8. The van der Waals surface area contributed by atoms with Gasteiger partial charge in [0.2, 0.25) is 59.1 Å². The number of rotatable bonds is 32. The van der Waals surface area contributed by atoms with Crippen molar-refractivity contribution in [3.63, 3.8) is 0 Å². The summed E-state index contributed by atoms with van der Waals surface area (Å²) in [6.45, 7) is 2.71. The lowest BCUT2D eigenvalue weighted by Gasteiger charge is -2.28. The van der Waals surface area contributed by atoms with Crippen molar-refractivity contribution in [2.24, 2.45) is 17.4 Å². The van der Waals surface area contributed by atoms with Gasteiger partial charge in [0.1, 0.15) is 42.3 Å². The largest absolute Gasteiger partial charge is 0.481 e. The average molecular weight is 1060 g/mol. The van der Waals surface area contributed by atoms with Gasteiger partial charge in [0, 0.05) is 54.5 Å². The van der Waals surface area contributed by atoms with Gasteiger partial charge in [-0.15, -0.1) is 0 Å². The number of thiol groups is 2. The molecule has 32 heteroatoms. The van der Waals surface area contributed by atoms with E-state index in [-0.39, 0.29) is 24.3 Å². The monoisotopic (exact) mass is 1060 g/mol. The third-order valence-corrected chi connectivity index (χ3v) is 10.8. The number of imidazole rings is 2. The Morgan fingerprint density at radius 2 is 1.07 bits per heavy atom. The number of carboxylic acids is 2. The second-order valence-electron chi connectivity index (χ2n) is 16.3. The minimum Gasteiger partial charge on any atom is -0.481 e. The van der Waals surface area contributed by atoms with E-state index >= 15 is 0 Å². The second kappa shape index (κ2) is 30.4. The van der Waals surface area contributed by atoms with Crippen LogP contribution in [0.3, 0.4) is 0 Å². The number of hydrogen-bond donors (Lipinski definition) is 18. The highest BCUT2D eigenvalue weighted by atomic mass is 32.1. The van der Waals surface area contributed by atoms with Crippen LogP contribution in [0.1, 0.15) is 51.4 Å². The molecule has 9 atom stereocenters. The highest BCUT2D eigenvalue weighted by molar-refractivity contribution is 7.80. The molecule has 10 amide bonds. The first-order chi connectivity index (χ1) is 33.9. The van der Waals surface area contributed by atoms with Gasteiger partial charge in [0.05, 0.1) is 44.3 Å². The molecule has 2 aromatic heterocycles. The number of hydrogen-bond acceptors (Lipinski definition) is 18. The molecular formula is C40H61N15O15S2. The van der Waals surface area contributed by atoms with Crippen molar-refractivity contribution in [3.8, 4) is 0 Å². The molecule has 2 aromatic rings. The number of aliphatic hydroxyl groups excluding tert-OH is 1. The fourth-order valence-electron chi connectivity index (χ4n) is 6.20. The number of primary amides is 1. The summed E-state index contributed by atoms with van der Waals surface area (Å²) in [4.78, 5) is 166. The second-order valence-corrected chi connectivity index (χ2v) is 17.0. The van der Waals surface area contributed by atoms with Crippen LogP contribution in [0.15, 0.2) is 25.0 Å². The molecule has 0 unspecified atom stereocenters. The topological polar surface area (TPSA) is 483 Å². The van der Waals surface area contributed by atoms with Crippen LogP contribution in [-0.4, -0.2) is 185 Å². The maximum absolute atomic E-state index is 13.9. The van der Waals surface area contributed by atoms with Crippen LogP contribution in [-0.2, 0) is 70.4 Å². The summed E-state index contributed by atoms with van der Waals surface area (Å²) in [5, 5.41) is 49.5. The van der Waals surface area contributed by atoms with E-state index in [0.717, 1.165) is 6.92 Å². The molecule has 2 rings (SSSR count). The van der Waals surface area contributed by atoms with E-state index in [1.165, 1.54) is 25.0 Å². The molecule has 0 radical (unpaired) electrons. The molecule has 0 fully saturated rings. The van der Waals surface area contributed by atoms with Crippen LogP contribution in [0.5, 0.6) is 0 Å². The van der Waals surface area contributed by atoms with Crippen LogP contribution in [0.2, 0.25) is 0 Å². The molecular weight excluding hydrogens is 995 g/mol. The lowest BCUT2D eigenvalue weighted by atomic mass is 10.0. The first kappa shape index (κ1) is 60.8. The summed E-state index contributed by atoms with van der Waals surface area (Å²) in [7, 11) is 0. The zero-order valence-corrected chi connectivity index (χ0v) is 40.9. The number of carbonyl (C=O) groups excluding carboxylic acids is 10. The number of H-pyrrole nitrogens is 2. The third kappa shape index (κ3) is 21.4. The van der Waals surface area contributed by atoms with Gasteiger partial charge in [-0.2, -0.15) is 25.3 Å². The number of amides is 10. The molecule has 18 N–H and O–H groups in total. The minimum absolute atomic E-state index is 0.0698. The fraction of sp³-hybridized carbons (Fsp3) is 0.550. The lowest BCUT2D eigenvalue weighted by Crippen LogP contribution is -2.61. The van der Waals surface area contributed by atoms with E-state index in [4.69, 9.17) is 11.5 Å². The average Bonchev–Trinajstić information content (AvgIpc) is 4.04. The maximum Gasteiger partial charge on any atom is 0.326 e. The standard InChI is InChI=1S/C40H61N15O15S2/c1-17(2)31(55-35(64)22(4-5-30(60)61)49-28(58)11-45-33(62)21(41)6-19-9-43-15-47-19)38(67)50-23(7-20-10-44-16-48-20)36(65)53-26(14-72)37(66)52-25(13-71)34(63)46-12-29(59)54-32(18(3)56)39(68)51-24(40(69)70)8-27(42)57/h9-10,15-18,21-26,31-32,56,71-72H,4-8,11-14,41H2,1-3H3,(H2,42,57)(H,43,47)(H,44,48)(H,45,62)(H,46,63)(H,49,58)(H,50,67)(H,51,68)(H,52,66)(H,53,65)(H,54,59)(H,55,64)(H,60,61)(H,69,70)/t18-,21+,22+,23+,24+,25+,26+,31+,32+/m1/s1. The number of aliphatic hydroxyl groups is 1. The van der Waals surface area contributed by atoms with Gasteiger partial charge in [0.25, 0.3) is 0 Å². The minimum atomic E-state index is -1.78. The van der Waals surface area contributed by atoms with Gasteiger partial charge >= 0.3 is 11.9 Å². The number of nitrogens with zero attached hydrogens (tertiary/aromatic N) is 2. The predicted octanol–water partition coefficient (Wildman–Crippen LogP) is -7.41. The number of carboxylic acid groups (broad SMARTS) is 2. The van der Waals surface area contributed by atoms with E-state index in [1.54, 1.807) is 13.8 Å². The van der Waals surface area contributed by atoms with Crippen LogP contribution >= 0.6 is 25.3 Å². The van der Waals surface area contributed by atoms with Crippen molar-refractivity contribution >= 4 is 96.3 Å². The first-order valence-electron chi connectivity index (χ1n) is 21.9. The Bertz CT molecular complexity index is 2220. The normalized spacial score (nSPS) is 14.7. The molecule has 0 bridgehead atoms. The smallest absolute Gasteiger partial charge is 0.326 e. The van der Waals surface area contributed by atoms with Crippen molar-refractivity contribution < 1.29 is 72.9 Å². The Morgan fingerprint density at radius 3 is 1.56 bits per heavy atom. The third-order valence-electron chi connectivity index (χ3n) is 10.1. The SMILES string of the molecule is CC(C)[C@H](NC(=O)[C@H](CCC(=O)O)NC(=O)CNC(=O)[C@@H](N)Cc1cnc[nH]1)C(=O)N[C@@H](Cc1cnc[nH]1)C(=O)N[C@@H](CS)C(=O)N[C@@H](CS)C(=O)NCC(=O)N[C@H](C(=O)N[C@@H](CC(N)=O)C(=O)O)[C@@H](C)O. The lowest BCUT2D eigenvalue weighted by molar-refractivity contribution is -0.144. The Labute approximate surface area is 421 Å². The first-order valence-corrected chi connectivity index (χ1v) is 23.1. The molecule has 30 nitrogen and oxygen atoms in total. The highest BCUT2D eigenvalue weighted by Gasteiger charge is 2.35. The molecule has 0 aromatic carbocycles. The molecule has 398 valence electrons. The maximum atomic E-state index is 13.9. The molecule has 0 spiro atoms. The highest BCUT2D eigenvalue weighted by Crippen LogP contribution is 2.09. The Hall–Kier alpha value is -7.32. The Kier molecular flexibility index (Phi) is 25.7. The van der Waals surface area contributed by atoms with Gasteiger partial charge in [-0.1, -0.05) is 13.8 Å². The molecule has 0 aliphatic carbocycles. The summed E-state index contributed by atoms with van der Waals surface area (Å²) < 4.78 is 0. The van der Waals surface area contributed by atoms with Gasteiger partial charge in [0.15, 0.2) is 0 Å². The molecule has 0 saturated carbocycles. The zero-order valence-electron chi connectivity index (χ0n) is 39.1. The van der Waals surface area contributed by atoms with Crippen LogP contribution in [0, 0.1) is 5.92 Å². The fourth-order valence-corrected chi connectivity index (χ4v) is 6.71. The van der Waals surface area contributed by atoms with Gasteiger partial charge in [-0.3, -0.25) is 52.7 Å². The summed E-state index contributed by atoms with van der Waals surface area (Å²) in [6.07, 6.45) is 1.91.